The fourth-order valence-corrected chi connectivity index (χ4v) is 2.86. The summed E-state index contributed by atoms with van der Waals surface area (Å²) in [7, 11) is 1.61. The normalized spacial score (nSPS) is 11.7. The number of carbonyl (C=O) groups is 1. The van der Waals surface area contributed by atoms with Crippen molar-refractivity contribution in [3.05, 3.63) is 77.6 Å². The van der Waals surface area contributed by atoms with Gasteiger partial charge in [-0.25, -0.2) is 14.2 Å². The number of urea groups is 1. The minimum atomic E-state index is -0.302. The van der Waals surface area contributed by atoms with Gasteiger partial charge in [0.15, 0.2) is 0 Å². The molecule has 3 aromatic rings. The molecule has 2 N–H and O–H groups in total. The molecule has 0 aliphatic carbocycles. The number of methoxy groups -OCH3 is 1. The fraction of sp³-hybridized carbons (Fsp3) is 0.238. The number of aromatic nitrogens is 2. The molecule has 28 heavy (non-hydrogen) atoms. The van der Waals surface area contributed by atoms with Gasteiger partial charge in [0.05, 0.1) is 30.9 Å². The highest BCUT2D eigenvalue weighted by Crippen LogP contribution is 2.24. The minimum absolute atomic E-state index is 0.234. The second-order valence-corrected chi connectivity index (χ2v) is 6.53. The molecule has 0 spiro atoms. The molecule has 0 saturated carbocycles. The van der Waals surface area contributed by atoms with Gasteiger partial charge in [-0.2, -0.15) is 0 Å². The summed E-state index contributed by atoms with van der Waals surface area (Å²) in [6.45, 7) is 4.12. The number of nitrogens with zero attached hydrogens (tertiary/aromatic N) is 2. The summed E-state index contributed by atoms with van der Waals surface area (Å²) in [5.41, 5.74) is 3.53. The second kappa shape index (κ2) is 8.56. The highest BCUT2D eigenvalue weighted by atomic mass is 19.1. The third-order valence-corrected chi connectivity index (χ3v) is 4.40. The lowest BCUT2D eigenvalue weighted by molar-refractivity contribution is 0.237. The highest BCUT2D eigenvalue weighted by molar-refractivity contribution is 5.74. The summed E-state index contributed by atoms with van der Waals surface area (Å²) >= 11 is 0. The highest BCUT2D eigenvalue weighted by Gasteiger charge is 2.11. The lowest BCUT2D eigenvalue weighted by atomic mass is 10.1. The van der Waals surface area contributed by atoms with Gasteiger partial charge in [-0.05, 0) is 49.2 Å². The summed E-state index contributed by atoms with van der Waals surface area (Å²) < 4.78 is 20.4. The van der Waals surface area contributed by atoms with Crippen LogP contribution in [0.5, 0.6) is 5.75 Å². The Balaban J connectivity index is 1.60. The van der Waals surface area contributed by atoms with Gasteiger partial charge < -0.3 is 19.9 Å². The Hall–Kier alpha value is -3.35. The predicted octanol–water partition coefficient (Wildman–Crippen LogP) is 3.89. The summed E-state index contributed by atoms with van der Waals surface area (Å²) in [6.07, 6.45) is 3.65. The summed E-state index contributed by atoms with van der Waals surface area (Å²) in [5.74, 6) is 0.389. The lowest BCUT2D eigenvalue weighted by Gasteiger charge is -2.16. The van der Waals surface area contributed by atoms with Gasteiger partial charge in [0.1, 0.15) is 11.6 Å². The van der Waals surface area contributed by atoms with E-state index in [1.54, 1.807) is 25.6 Å². The molecule has 1 aromatic heterocycles. The largest absolute Gasteiger partial charge is 0.495 e. The molecule has 2 aromatic carbocycles. The Morgan fingerprint density at radius 3 is 2.64 bits per heavy atom. The number of rotatable bonds is 6. The molecule has 0 aliphatic rings. The number of carbonyl (C=O) groups excluding carboxylic acids is 1. The SMILES string of the molecule is COc1cc(CNC(=O)NC(C)c2ccc(F)cc2)ccc1-n1cnc(C)c1. The van der Waals surface area contributed by atoms with Gasteiger partial charge >= 0.3 is 6.03 Å². The van der Waals surface area contributed by atoms with Crippen molar-refractivity contribution in [3.63, 3.8) is 0 Å². The maximum Gasteiger partial charge on any atom is 0.315 e. The Morgan fingerprint density at radius 2 is 2.00 bits per heavy atom. The van der Waals surface area contributed by atoms with Crippen LogP contribution in [0.2, 0.25) is 0 Å². The van der Waals surface area contributed by atoms with Crippen LogP contribution >= 0.6 is 0 Å². The van der Waals surface area contributed by atoms with Gasteiger partial charge in [0, 0.05) is 12.7 Å². The first-order valence-electron chi connectivity index (χ1n) is 8.94. The van der Waals surface area contributed by atoms with Crippen molar-refractivity contribution in [2.45, 2.75) is 26.4 Å². The zero-order valence-electron chi connectivity index (χ0n) is 16.1. The molecular formula is C21H23FN4O2. The van der Waals surface area contributed by atoms with Gasteiger partial charge in [0.2, 0.25) is 0 Å². The van der Waals surface area contributed by atoms with Crippen LogP contribution in [0.1, 0.15) is 29.8 Å². The zero-order chi connectivity index (χ0) is 20.1. The first kappa shape index (κ1) is 19.4. The molecule has 0 radical (unpaired) electrons. The molecule has 1 atom stereocenters. The van der Waals surface area contributed by atoms with E-state index in [9.17, 15) is 9.18 Å². The number of hydrogen-bond donors (Lipinski definition) is 2. The van der Waals surface area contributed by atoms with Crippen molar-refractivity contribution in [1.29, 1.82) is 0 Å². The molecular weight excluding hydrogens is 359 g/mol. The Morgan fingerprint density at radius 1 is 1.25 bits per heavy atom. The molecule has 1 unspecified atom stereocenters. The minimum Gasteiger partial charge on any atom is -0.495 e. The Kier molecular flexibility index (Phi) is 5.93. The Bertz CT molecular complexity index is 953. The van der Waals surface area contributed by atoms with Crippen molar-refractivity contribution < 1.29 is 13.9 Å². The number of benzene rings is 2. The first-order valence-corrected chi connectivity index (χ1v) is 8.94. The van der Waals surface area contributed by atoms with Crippen molar-refractivity contribution in [1.82, 2.24) is 20.2 Å². The van der Waals surface area contributed by atoms with Gasteiger partial charge in [-0.3, -0.25) is 0 Å². The van der Waals surface area contributed by atoms with Crippen molar-refractivity contribution in [2.24, 2.45) is 0 Å². The standard InChI is InChI=1S/C21H23FN4O2/c1-14-12-26(13-24-14)19-9-4-16(10-20(19)28-3)11-23-21(27)25-15(2)17-5-7-18(22)8-6-17/h4-10,12-13,15H,11H2,1-3H3,(H2,23,25,27). The number of aryl methyl sites for hydroxylation is 1. The fourth-order valence-electron chi connectivity index (χ4n) is 2.86. The molecule has 1 heterocycles. The number of ether oxygens (including phenoxy) is 1. The van der Waals surface area contributed by atoms with E-state index >= 15 is 0 Å². The van der Waals surface area contributed by atoms with Crippen molar-refractivity contribution in [3.8, 4) is 11.4 Å². The molecule has 146 valence electrons. The molecule has 0 fully saturated rings. The summed E-state index contributed by atoms with van der Waals surface area (Å²) in [6, 6.07) is 11.3. The van der Waals surface area contributed by atoms with E-state index in [0.29, 0.717) is 12.3 Å². The number of nitrogens with one attached hydrogen (secondary N) is 2. The second-order valence-electron chi connectivity index (χ2n) is 6.53. The Labute approximate surface area is 163 Å². The summed E-state index contributed by atoms with van der Waals surface area (Å²) in [5, 5.41) is 5.67. The number of hydrogen-bond acceptors (Lipinski definition) is 3. The van der Waals surface area contributed by atoms with E-state index in [1.807, 2.05) is 42.8 Å². The van der Waals surface area contributed by atoms with E-state index in [4.69, 9.17) is 4.74 Å². The monoisotopic (exact) mass is 382 g/mol. The maximum atomic E-state index is 13.0. The van der Waals surface area contributed by atoms with Crippen LogP contribution in [-0.4, -0.2) is 22.7 Å². The van der Waals surface area contributed by atoms with Crippen LogP contribution in [0.4, 0.5) is 9.18 Å². The van der Waals surface area contributed by atoms with Gasteiger partial charge in [-0.1, -0.05) is 18.2 Å². The average molecular weight is 382 g/mol. The van der Waals surface area contributed by atoms with Crippen LogP contribution in [0.25, 0.3) is 5.69 Å². The van der Waals surface area contributed by atoms with Crippen LogP contribution in [0.15, 0.2) is 55.0 Å². The molecule has 0 aliphatic heterocycles. The first-order chi connectivity index (χ1) is 13.5. The van der Waals surface area contributed by atoms with E-state index in [0.717, 1.165) is 22.5 Å². The number of amides is 2. The van der Waals surface area contributed by atoms with Crippen LogP contribution in [0.3, 0.4) is 0 Å². The lowest BCUT2D eigenvalue weighted by Crippen LogP contribution is -2.36. The van der Waals surface area contributed by atoms with Gasteiger partial charge in [-0.15, -0.1) is 0 Å². The molecule has 2 amide bonds. The number of halogens is 1. The third-order valence-electron chi connectivity index (χ3n) is 4.40. The van der Waals surface area contributed by atoms with Crippen LogP contribution < -0.4 is 15.4 Å². The van der Waals surface area contributed by atoms with Crippen molar-refractivity contribution in [2.75, 3.05) is 7.11 Å². The van der Waals surface area contributed by atoms with Crippen molar-refractivity contribution >= 4 is 6.03 Å². The maximum absolute atomic E-state index is 13.0. The van der Waals surface area contributed by atoms with Crippen LogP contribution in [-0.2, 0) is 6.54 Å². The smallest absolute Gasteiger partial charge is 0.315 e. The topological polar surface area (TPSA) is 68.2 Å². The molecule has 6 nitrogen and oxygen atoms in total. The van der Waals surface area contributed by atoms with Gasteiger partial charge in [0.25, 0.3) is 0 Å². The molecule has 3 rings (SSSR count). The quantitative estimate of drug-likeness (QED) is 0.680. The van der Waals surface area contributed by atoms with E-state index < -0.39 is 0 Å². The summed E-state index contributed by atoms with van der Waals surface area (Å²) in [4.78, 5) is 16.4. The van der Waals surface area contributed by atoms with E-state index in [-0.39, 0.29) is 17.9 Å². The van der Waals surface area contributed by atoms with E-state index in [1.165, 1.54) is 12.1 Å². The molecule has 0 bridgehead atoms. The zero-order valence-corrected chi connectivity index (χ0v) is 16.1. The molecule has 7 heteroatoms. The van der Waals surface area contributed by atoms with E-state index in [2.05, 4.69) is 15.6 Å². The third kappa shape index (κ3) is 4.68. The molecule has 0 saturated heterocycles. The van der Waals surface area contributed by atoms with Crippen LogP contribution in [0, 0.1) is 12.7 Å². The average Bonchev–Trinajstić information content (AvgIpc) is 3.12. The number of imidazole rings is 1. The predicted molar refractivity (Wildman–Crippen MR) is 105 cm³/mol.